The molecule has 0 N–H and O–H groups in total. The van der Waals surface area contributed by atoms with Crippen molar-refractivity contribution < 1.29 is 19.4 Å². The highest BCUT2D eigenvalue weighted by molar-refractivity contribution is 5.92. The second-order valence-electron chi connectivity index (χ2n) is 5.68. The summed E-state index contributed by atoms with van der Waals surface area (Å²) in [5, 5.41) is 11.1. The van der Waals surface area contributed by atoms with Crippen LogP contribution >= 0.6 is 0 Å². The molecule has 0 saturated carbocycles. The third-order valence-corrected chi connectivity index (χ3v) is 3.50. The van der Waals surface area contributed by atoms with Gasteiger partial charge in [-0.15, -0.1) is 0 Å². The first-order chi connectivity index (χ1) is 9.38. The minimum atomic E-state index is -1.35. The smallest absolute Gasteiger partial charge is 0.314 e. The lowest BCUT2D eigenvalue weighted by Gasteiger charge is -2.28. The topological polar surface area (TPSA) is 66.4 Å². The Balaban J connectivity index is 2.63. The van der Waals surface area contributed by atoms with Gasteiger partial charge >= 0.3 is 5.97 Å². The third-order valence-electron chi connectivity index (χ3n) is 3.50. The van der Waals surface area contributed by atoms with Crippen LogP contribution in [0.3, 0.4) is 0 Å². The first-order valence-electron chi connectivity index (χ1n) is 7.11. The van der Waals surface area contributed by atoms with E-state index in [2.05, 4.69) is 18.2 Å². The van der Waals surface area contributed by atoms with Crippen molar-refractivity contribution in [3.63, 3.8) is 0 Å². The van der Waals surface area contributed by atoms with Crippen molar-refractivity contribution in [2.45, 2.75) is 46.5 Å². The normalized spacial score (nSPS) is 23.1. The molecule has 1 rings (SSSR count). The number of ether oxygens (including phenoxy) is 1. The molecular weight excluding hydrogens is 256 g/mol. The van der Waals surface area contributed by atoms with Gasteiger partial charge in [-0.2, -0.15) is 0 Å². The summed E-state index contributed by atoms with van der Waals surface area (Å²) < 4.78 is 4.92. The Kier molecular flexibility index (Phi) is 5.99. The molecule has 2 unspecified atom stereocenters. The fraction of sp³-hybridized carbons (Fsp3) is 0.625. The Morgan fingerprint density at radius 1 is 1.50 bits per heavy atom. The van der Waals surface area contributed by atoms with E-state index in [0.29, 0.717) is 12.8 Å². The predicted molar refractivity (Wildman–Crippen MR) is 74.6 cm³/mol. The average molecular weight is 279 g/mol. The molecule has 0 amide bonds. The molecule has 0 heterocycles. The summed E-state index contributed by atoms with van der Waals surface area (Å²) in [7, 11) is 0. The van der Waals surface area contributed by atoms with Crippen LogP contribution in [0.4, 0.5) is 0 Å². The molecule has 0 bridgehead atoms. The summed E-state index contributed by atoms with van der Waals surface area (Å²) in [5.74, 6) is -3.21. The van der Waals surface area contributed by atoms with E-state index in [4.69, 9.17) is 4.74 Å². The first kappa shape index (κ1) is 16.5. The first-order valence-corrected chi connectivity index (χ1v) is 7.11. The number of esters is 1. The van der Waals surface area contributed by atoms with E-state index in [9.17, 15) is 14.7 Å². The van der Waals surface area contributed by atoms with Crippen LogP contribution < -0.4 is 5.11 Å². The van der Waals surface area contributed by atoms with Gasteiger partial charge in [0.2, 0.25) is 0 Å². The molecule has 0 aromatic heterocycles. The highest BCUT2D eigenvalue weighted by Gasteiger charge is 2.27. The summed E-state index contributed by atoms with van der Waals surface area (Å²) in [6.45, 7) is 6.20. The fourth-order valence-corrected chi connectivity index (χ4v) is 2.43. The molecule has 0 spiro atoms. The van der Waals surface area contributed by atoms with Crippen LogP contribution in [-0.2, 0) is 14.3 Å². The highest BCUT2D eigenvalue weighted by atomic mass is 16.5. The van der Waals surface area contributed by atoms with Crippen LogP contribution in [0, 0.1) is 11.3 Å². The molecule has 0 aromatic rings. The number of carboxylic acid groups (broad SMARTS) is 1. The zero-order valence-electron chi connectivity index (χ0n) is 12.5. The van der Waals surface area contributed by atoms with Gasteiger partial charge in [0, 0.05) is 5.41 Å². The maximum absolute atomic E-state index is 11.7. The number of rotatable bonds is 7. The Bertz CT molecular complexity index is 422. The fourth-order valence-electron chi connectivity index (χ4n) is 2.43. The third kappa shape index (κ3) is 4.83. The maximum atomic E-state index is 11.7. The Morgan fingerprint density at radius 3 is 2.75 bits per heavy atom. The monoisotopic (exact) mass is 279 g/mol. The van der Waals surface area contributed by atoms with Crippen LogP contribution in [0.15, 0.2) is 23.8 Å². The molecule has 1 aliphatic carbocycles. The SMILES string of the molecule is CCCOC(=O)C(CCC1(C)C=CCC(C)=C1)C(=O)[O-]. The van der Waals surface area contributed by atoms with Gasteiger partial charge in [0.05, 0.1) is 18.5 Å². The van der Waals surface area contributed by atoms with E-state index in [1.54, 1.807) is 0 Å². The highest BCUT2D eigenvalue weighted by Crippen LogP contribution is 2.34. The largest absolute Gasteiger partial charge is 0.549 e. The molecular formula is C16H23O4-. The molecule has 4 heteroatoms. The lowest BCUT2D eigenvalue weighted by Crippen LogP contribution is -2.38. The molecule has 0 aliphatic heterocycles. The van der Waals surface area contributed by atoms with E-state index >= 15 is 0 Å². The van der Waals surface area contributed by atoms with Gasteiger partial charge in [0.1, 0.15) is 0 Å². The summed E-state index contributed by atoms with van der Waals surface area (Å²) in [6.07, 6.45) is 8.71. The molecule has 1 aliphatic rings. The summed E-state index contributed by atoms with van der Waals surface area (Å²) >= 11 is 0. The Morgan fingerprint density at radius 2 is 2.20 bits per heavy atom. The minimum absolute atomic E-state index is 0.193. The van der Waals surface area contributed by atoms with Gasteiger partial charge in [-0.05, 0) is 32.6 Å². The van der Waals surface area contributed by atoms with Crippen LogP contribution in [0.2, 0.25) is 0 Å². The van der Waals surface area contributed by atoms with E-state index < -0.39 is 17.9 Å². The molecule has 0 aromatic carbocycles. The Labute approximate surface area is 120 Å². The van der Waals surface area contributed by atoms with Gasteiger partial charge in [-0.3, -0.25) is 4.79 Å². The molecule has 0 saturated heterocycles. The number of aliphatic carboxylic acids is 1. The number of carbonyl (C=O) groups is 2. The second-order valence-corrected chi connectivity index (χ2v) is 5.68. The van der Waals surface area contributed by atoms with Crippen LogP contribution in [0.5, 0.6) is 0 Å². The zero-order valence-corrected chi connectivity index (χ0v) is 12.5. The van der Waals surface area contributed by atoms with E-state index in [-0.39, 0.29) is 18.4 Å². The van der Waals surface area contributed by atoms with Crippen molar-refractivity contribution in [1.82, 2.24) is 0 Å². The Hall–Kier alpha value is -1.58. The molecule has 2 atom stereocenters. The van der Waals surface area contributed by atoms with Crippen molar-refractivity contribution in [3.8, 4) is 0 Å². The van der Waals surface area contributed by atoms with E-state index in [0.717, 1.165) is 6.42 Å². The average Bonchev–Trinajstić information content (AvgIpc) is 2.35. The van der Waals surface area contributed by atoms with Crippen molar-refractivity contribution in [3.05, 3.63) is 23.8 Å². The van der Waals surface area contributed by atoms with Gasteiger partial charge in [0.25, 0.3) is 0 Å². The number of allylic oxidation sites excluding steroid dienone is 4. The summed E-state index contributed by atoms with van der Waals surface area (Å²) in [5.41, 5.74) is 1.06. The van der Waals surface area contributed by atoms with Crippen LogP contribution in [0.1, 0.15) is 46.5 Å². The van der Waals surface area contributed by atoms with E-state index in [1.807, 2.05) is 20.8 Å². The lowest BCUT2D eigenvalue weighted by atomic mass is 9.78. The second kappa shape index (κ2) is 7.27. The van der Waals surface area contributed by atoms with E-state index in [1.165, 1.54) is 5.57 Å². The van der Waals surface area contributed by atoms with Crippen molar-refractivity contribution in [1.29, 1.82) is 0 Å². The van der Waals surface area contributed by atoms with Crippen molar-refractivity contribution >= 4 is 11.9 Å². The lowest BCUT2D eigenvalue weighted by molar-refractivity contribution is -0.311. The molecule has 20 heavy (non-hydrogen) atoms. The predicted octanol–water partition coefficient (Wildman–Crippen LogP) is 2.00. The number of hydrogen-bond donors (Lipinski definition) is 0. The van der Waals surface area contributed by atoms with Crippen LogP contribution in [0.25, 0.3) is 0 Å². The van der Waals surface area contributed by atoms with Gasteiger partial charge in [-0.25, -0.2) is 0 Å². The minimum Gasteiger partial charge on any atom is -0.549 e. The van der Waals surface area contributed by atoms with Gasteiger partial charge < -0.3 is 14.6 Å². The van der Waals surface area contributed by atoms with Crippen molar-refractivity contribution in [2.75, 3.05) is 6.61 Å². The number of carbonyl (C=O) groups excluding carboxylic acids is 2. The zero-order chi connectivity index (χ0) is 15.2. The number of carboxylic acids is 1. The molecule has 4 nitrogen and oxygen atoms in total. The quantitative estimate of drug-likeness (QED) is 0.406. The standard InChI is InChI=1S/C16H24O4/c1-4-10-20-15(19)13(14(17)18)7-9-16(3)8-5-6-12(2)11-16/h5,8,11,13H,4,6-7,9-10H2,1-3H3,(H,17,18)/p-1. The molecule has 0 radical (unpaired) electrons. The number of hydrogen-bond acceptors (Lipinski definition) is 4. The maximum Gasteiger partial charge on any atom is 0.314 e. The van der Waals surface area contributed by atoms with Gasteiger partial charge in [-0.1, -0.05) is 37.6 Å². The summed E-state index contributed by atoms with van der Waals surface area (Å²) in [4.78, 5) is 22.8. The molecule has 112 valence electrons. The van der Waals surface area contributed by atoms with Gasteiger partial charge in [0.15, 0.2) is 0 Å². The summed E-state index contributed by atoms with van der Waals surface area (Å²) in [6, 6.07) is 0. The molecule has 0 fully saturated rings. The van der Waals surface area contributed by atoms with Crippen LogP contribution in [-0.4, -0.2) is 18.5 Å². The van der Waals surface area contributed by atoms with Crippen molar-refractivity contribution in [2.24, 2.45) is 11.3 Å².